The number of aryl methyl sites for hydroxylation is 1. The molecule has 0 aliphatic carbocycles. The van der Waals surface area contributed by atoms with Crippen LogP contribution in [0, 0.1) is 0 Å². The van der Waals surface area contributed by atoms with Crippen molar-refractivity contribution >= 4 is 16.5 Å². The van der Waals surface area contributed by atoms with Crippen LogP contribution in [0.4, 0.5) is 5.13 Å². The second-order valence-electron chi connectivity index (χ2n) is 3.95. The average Bonchev–Trinajstić information content (AvgIpc) is 2.83. The van der Waals surface area contributed by atoms with Crippen LogP contribution in [0.1, 0.15) is 36.9 Å². The number of hydrogen-bond acceptors (Lipinski definition) is 5. The minimum absolute atomic E-state index is 0.0764. The van der Waals surface area contributed by atoms with E-state index in [1.54, 1.807) is 0 Å². The molecule has 18 heavy (non-hydrogen) atoms. The number of rotatable bonds is 5. The van der Waals surface area contributed by atoms with Gasteiger partial charge in [0, 0.05) is 0 Å². The van der Waals surface area contributed by atoms with Crippen LogP contribution < -0.4 is 10.5 Å². The maximum Gasteiger partial charge on any atom is 0.203 e. The van der Waals surface area contributed by atoms with Crippen LogP contribution in [0.5, 0.6) is 5.75 Å². The highest BCUT2D eigenvalue weighted by Crippen LogP contribution is 2.29. The molecule has 96 valence electrons. The minimum atomic E-state index is -0.0764. The first-order chi connectivity index (χ1) is 8.74. The molecule has 5 heteroatoms. The van der Waals surface area contributed by atoms with Crippen molar-refractivity contribution in [3.63, 3.8) is 0 Å². The molecule has 0 saturated heterocycles. The summed E-state index contributed by atoms with van der Waals surface area (Å²) in [6, 6.07) is 8.08. The Morgan fingerprint density at radius 2 is 2.06 bits per heavy atom. The van der Waals surface area contributed by atoms with E-state index in [4.69, 9.17) is 10.5 Å². The Kier molecular flexibility index (Phi) is 4.15. The number of para-hydroxylation sites is 1. The summed E-state index contributed by atoms with van der Waals surface area (Å²) >= 11 is 1.38. The fourth-order valence-corrected chi connectivity index (χ4v) is 2.47. The first kappa shape index (κ1) is 12.8. The van der Waals surface area contributed by atoms with Gasteiger partial charge in [-0.2, -0.15) is 0 Å². The molecule has 1 aromatic heterocycles. The van der Waals surface area contributed by atoms with Gasteiger partial charge >= 0.3 is 0 Å². The van der Waals surface area contributed by atoms with Gasteiger partial charge in [0.2, 0.25) is 5.13 Å². The third kappa shape index (κ3) is 2.79. The monoisotopic (exact) mass is 263 g/mol. The second kappa shape index (κ2) is 5.82. The SMILES string of the molecule is CCc1ccccc1OC(CC)c1nnc(N)s1. The van der Waals surface area contributed by atoms with Crippen molar-refractivity contribution in [2.45, 2.75) is 32.8 Å². The summed E-state index contributed by atoms with van der Waals surface area (Å²) in [4.78, 5) is 0. The van der Waals surface area contributed by atoms with Gasteiger partial charge in [-0.3, -0.25) is 0 Å². The number of nitrogen functional groups attached to an aromatic ring is 1. The summed E-state index contributed by atoms with van der Waals surface area (Å²) in [5, 5.41) is 9.21. The van der Waals surface area contributed by atoms with Crippen LogP contribution in [0.3, 0.4) is 0 Å². The first-order valence-electron chi connectivity index (χ1n) is 6.08. The van der Waals surface area contributed by atoms with Gasteiger partial charge in [0.05, 0.1) is 0 Å². The number of nitrogens with two attached hydrogens (primary N) is 1. The molecule has 1 aromatic carbocycles. The van der Waals surface area contributed by atoms with E-state index in [-0.39, 0.29) is 6.10 Å². The van der Waals surface area contributed by atoms with Crippen molar-refractivity contribution in [3.8, 4) is 5.75 Å². The van der Waals surface area contributed by atoms with Gasteiger partial charge in [0.15, 0.2) is 11.1 Å². The van der Waals surface area contributed by atoms with Crippen LogP contribution in [-0.2, 0) is 6.42 Å². The maximum absolute atomic E-state index is 6.04. The fourth-order valence-electron chi connectivity index (χ4n) is 1.75. The molecule has 0 spiro atoms. The van der Waals surface area contributed by atoms with Crippen LogP contribution in [0.25, 0.3) is 0 Å². The van der Waals surface area contributed by atoms with Crippen molar-refractivity contribution in [1.82, 2.24) is 10.2 Å². The number of hydrogen-bond donors (Lipinski definition) is 1. The molecule has 0 radical (unpaired) electrons. The van der Waals surface area contributed by atoms with Crippen LogP contribution in [0.2, 0.25) is 0 Å². The topological polar surface area (TPSA) is 61.0 Å². The Bertz CT molecular complexity index is 512. The summed E-state index contributed by atoms with van der Waals surface area (Å²) in [7, 11) is 0. The molecule has 2 aromatic rings. The molecule has 0 aliphatic heterocycles. The molecule has 1 unspecified atom stereocenters. The van der Waals surface area contributed by atoms with E-state index in [1.165, 1.54) is 16.9 Å². The quantitative estimate of drug-likeness (QED) is 0.899. The molecule has 0 saturated carbocycles. The van der Waals surface area contributed by atoms with E-state index >= 15 is 0 Å². The van der Waals surface area contributed by atoms with Crippen molar-refractivity contribution in [2.75, 3.05) is 5.73 Å². The average molecular weight is 263 g/mol. The number of benzene rings is 1. The van der Waals surface area contributed by atoms with Crippen molar-refractivity contribution < 1.29 is 4.74 Å². The lowest BCUT2D eigenvalue weighted by Gasteiger charge is -2.17. The Balaban J connectivity index is 2.20. The lowest BCUT2D eigenvalue weighted by Crippen LogP contribution is -2.07. The van der Waals surface area contributed by atoms with Gasteiger partial charge in [0.1, 0.15) is 5.75 Å². The number of nitrogens with zero attached hydrogens (tertiary/aromatic N) is 2. The molecular weight excluding hydrogens is 246 g/mol. The van der Waals surface area contributed by atoms with Gasteiger partial charge in [-0.1, -0.05) is 43.4 Å². The van der Waals surface area contributed by atoms with Crippen molar-refractivity contribution in [1.29, 1.82) is 0 Å². The highest BCUT2D eigenvalue weighted by Gasteiger charge is 2.17. The third-order valence-corrected chi connectivity index (χ3v) is 3.57. The fraction of sp³-hybridized carbons (Fsp3) is 0.385. The van der Waals surface area contributed by atoms with E-state index < -0.39 is 0 Å². The molecule has 0 amide bonds. The van der Waals surface area contributed by atoms with Crippen molar-refractivity contribution in [2.24, 2.45) is 0 Å². The molecular formula is C13H17N3OS. The summed E-state index contributed by atoms with van der Waals surface area (Å²) < 4.78 is 6.04. The molecule has 1 atom stereocenters. The highest BCUT2D eigenvalue weighted by atomic mass is 32.1. The summed E-state index contributed by atoms with van der Waals surface area (Å²) in [6.07, 6.45) is 1.71. The normalized spacial score (nSPS) is 12.3. The van der Waals surface area contributed by atoms with Crippen LogP contribution in [-0.4, -0.2) is 10.2 Å². The Labute approximate surface area is 111 Å². The third-order valence-electron chi connectivity index (χ3n) is 2.73. The largest absolute Gasteiger partial charge is 0.483 e. The van der Waals surface area contributed by atoms with E-state index in [9.17, 15) is 0 Å². The van der Waals surface area contributed by atoms with Crippen molar-refractivity contribution in [3.05, 3.63) is 34.8 Å². The zero-order valence-electron chi connectivity index (χ0n) is 10.6. The summed E-state index contributed by atoms with van der Waals surface area (Å²) in [5.41, 5.74) is 6.81. The first-order valence-corrected chi connectivity index (χ1v) is 6.89. The predicted molar refractivity (Wildman–Crippen MR) is 73.8 cm³/mol. The Hall–Kier alpha value is -1.62. The van der Waals surface area contributed by atoms with E-state index in [2.05, 4.69) is 30.1 Å². The molecule has 4 nitrogen and oxygen atoms in total. The van der Waals surface area contributed by atoms with E-state index in [0.717, 1.165) is 23.6 Å². The standard InChI is InChI=1S/C13H17N3OS/c1-3-9-7-5-6-8-11(9)17-10(4-2)12-15-16-13(14)18-12/h5-8,10H,3-4H2,1-2H3,(H2,14,16). The molecule has 0 aliphatic rings. The van der Waals surface area contributed by atoms with Gasteiger partial charge in [-0.05, 0) is 24.5 Å². The van der Waals surface area contributed by atoms with Gasteiger partial charge in [-0.25, -0.2) is 0 Å². The van der Waals surface area contributed by atoms with Gasteiger partial charge in [-0.15, -0.1) is 10.2 Å². The zero-order chi connectivity index (χ0) is 13.0. The molecule has 1 heterocycles. The number of ether oxygens (including phenoxy) is 1. The van der Waals surface area contributed by atoms with Gasteiger partial charge in [0.25, 0.3) is 0 Å². The predicted octanol–water partition coefficient (Wildman–Crippen LogP) is 3.21. The smallest absolute Gasteiger partial charge is 0.203 e. The molecule has 0 bridgehead atoms. The lowest BCUT2D eigenvalue weighted by atomic mass is 10.1. The highest BCUT2D eigenvalue weighted by molar-refractivity contribution is 7.15. The zero-order valence-corrected chi connectivity index (χ0v) is 11.4. The van der Waals surface area contributed by atoms with Crippen LogP contribution >= 0.6 is 11.3 Å². The molecule has 2 rings (SSSR count). The number of aromatic nitrogens is 2. The second-order valence-corrected chi connectivity index (χ2v) is 5.00. The van der Waals surface area contributed by atoms with Gasteiger partial charge < -0.3 is 10.5 Å². The maximum atomic E-state index is 6.04. The minimum Gasteiger partial charge on any atom is -0.483 e. The van der Waals surface area contributed by atoms with E-state index in [0.29, 0.717) is 5.13 Å². The van der Waals surface area contributed by atoms with Crippen LogP contribution in [0.15, 0.2) is 24.3 Å². The molecule has 0 fully saturated rings. The van der Waals surface area contributed by atoms with E-state index in [1.807, 2.05) is 18.2 Å². The Morgan fingerprint density at radius 1 is 1.28 bits per heavy atom. The Morgan fingerprint density at radius 3 is 2.67 bits per heavy atom. The number of anilines is 1. The summed E-state index contributed by atoms with van der Waals surface area (Å²) in [5.74, 6) is 0.917. The molecule has 2 N–H and O–H groups in total. The summed E-state index contributed by atoms with van der Waals surface area (Å²) in [6.45, 7) is 4.18. The lowest BCUT2D eigenvalue weighted by molar-refractivity contribution is 0.198.